The molecular formula is C38H62N6. The van der Waals surface area contributed by atoms with Crippen molar-refractivity contribution in [3.63, 3.8) is 0 Å². The van der Waals surface area contributed by atoms with Crippen LogP contribution in [0.1, 0.15) is 101 Å². The SMILES string of the molecule is C=C.CC.CC(C)NC(C)C.CCCCC#N.CCCCN(CCC)c1ccc(N=Nc2ccc(N)c3ccccc23)cc1. The van der Waals surface area contributed by atoms with Crippen molar-refractivity contribution in [1.29, 1.82) is 5.26 Å². The summed E-state index contributed by atoms with van der Waals surface area (Å²) < 4.78 is 0. The van der Waals surface area contributed by atoms with Gasteiger partial charge in [-0.3, -0.25) is 0 Å². The van der Waals surface area contributed by atoms with Gasteiger partial charge in [0.15, 0.2) is 0 Å². The lowest BCUT2D eigenvalue weighted by Gasteiger charge is -2.24. The normalized spacial score (nSPS) is 9.95. The van der Waals surface area contributed by atoms with Crippen LogP contribution in [-0.4, -0.2) is 25.2 Å². The Labute approximate surface area is 270 Å². The number of anilines is 2. The molecule has 3 N–H and O–H groups in total. The molecule has 0 bridgehead atoms. The fourth-order valence-electron chi connectivity index (χ4n) is 4.15. The summed E-state index contributed by atoms with van der Waals surface area (Å²) in [5.41, 5.74) is 9.76. The van der Waals surface area contributed by atoms with E-state index in [0.29, 0.717) is 12.1 Å². The second kappa shape index (κ2) is 28.1. The van der Waals surface area contributed by atoms with Crippen molar-refractivity contribution < 1.29 is 0 Å². The van der Waals surface area contributed by atoms with Crippen molar-refractivity contribution in [3.8, 4) is 6.07 Å². The number of rotatable bonds is 12. The summed E-state index contributed by atoms with van der Waals surface area (Å²) in [4.78, 5) is 2.44. The summed E-state index contributed by atoms with van der Waals surface area (Å²) in [7, 11) is 0. The molecule has 6 heteroatoms. The van der Waals surface area contributed by atoms with Gasteiger partial charge >= 0.3 is 0 Å². The number of benzene rings is 3. The van der Waals surface area contributed by atoms with E-state index in [1.54, 1.807) is 0 Å². The number of azo groups is 1. The molecule has 0 saturated heterocycles. The zero-order valence-corrected chi connectivity index (χ0v) is 29.4. The Bertz CT molecular complexity index is 1160. The van der Waals surface area contributed by atoms with Crippen LogP contribution in [0.5, 0.6) is 0 Å². The highest BCUT2D eigenvalue weighted by atomic mass is 15.1. The van der Waals surface area contributed by atoms with E-state index in [9.17, 15) is 0 Å². The maximum absolute atomic E-state index is 7.95. The number of fused-ring (bicyclic) bond motifs is 1. The van der Waals surface area contributed by atoms with E-state index in [1.165, 1.54) is 18.5 Å². The summed E-state index contributed by atoms with van der Waals surface area (Å²) in [6.07, 6.45) is 6.48. The van der Waals surface area contributed by atoms with Crippen LogP contribution in [0.15, 0.2) is 84.1 Å². The van der Waals surface area contributed by atoms with E-state index in [-0.39, 0.29) is 0 Å². The van der Waals surface area contributed by atoms with Crippen LogP contribution < -0.4 is 16.0 Å². The summed E-state index contributed by atoms with van der Waals surface area (Å²) in [6.45, 7) is 27.3. The molecule has 244 valence electrons. The summed E-state index contributed by atoms with van der Waals surface area (Å²) >= 11 is 0. The van der Waals surface area contributed by atoms with Crippen LogP contribution in [0.25, 0.3) is 10.8 Å². The molecule has 0 heterocycles. The number of nitriles is 1. The predicted octanol–water partition coefficient (Wildman–Crippen LogP) is 11.8. The molecule has 0 aromatic heterocycles. The smallest absolute Gasteiger partial charge is 0.0936 e. The fraction of sp³-hybridized carbons (Fsp3) is 0.500. The van der Waals surface area contributed by atoms with Crippen molar-refractivity contribution in [2.75, 3.05) is 23.7 Å². The summed E-state index contributed by atoms with van der Waals surface area (Å²) in [6, 6.07) is 23.5. The second-order valence-corrected chi connectivity index (χ2v) is 10.5. The molecule has 3 aromatic rings. The lowest BCUT2D eigenvalue weighted by Crippen LogP contribution is -2.29. The quantitative estimate of drug-likeness (QED) is 0.0933. The molecule has 0 atom stereocenters. The maximum Gasteiger partial charge on any atom is 0.0936 e. The largest absolute Gasteiger partial charge is 0.398 e. The molecule has 3 rings (SSSR count). The molecule has 0 unspecified atom stereocenters. The van der Waals surface area contributed by atoms with E-state index >= 15 is 0 Å². The fourth-order valence-corrected chi connectivity index (χ4v) is 4.15. The standard InChI is InChI=1S/C23H28N4.C6H15N.C5H9N.C2H6.C2H4/c1-3-5-17-27(16-4-2)19-12-10-18(11-13-19)25-26-23-15-14-22(24)20-8-6-7-9-21(20)23;1-5(2)7-6(3)4;1-2-3-4-5-6;2*1-2/h6-15H,3-5,16-17,24H2,1-2H3;5-7H,1-4H3;2-4H2,1H3;1-2H3;1-2H2. The highest BCUT2D eigenvalue weighted by Gasteiger charge is 2.06. The van der Waals surface area contributed by atoms with Gasteiger partial charge in [0.05, 0.1) is 17.4 Å². The van der Waals surface area contributed by atoms with Crippen LogP contribution >= 0.6 is 0 Å². The number of nitrogen functional groups attached to an aromatic ring is 1. The first-order chi connectivity index (χ1) is 21.3. The molecule has 44 heavy (non-hydrogen) atoms. The number of nitrogens with two attached hydrogens (primary N) is 1. The first kappa shape index (κ1) is 42.4. The van der Waals surface area contributed by atoms with E-state index in [4.69, 9.17) is 11.0 Å². The highest BCUT2D eigenvalue weighted by Crippen LogP contribution is 2.31. The number of hydrogen-bond donors (Lipinski definition) is 2. The van der Waals surface area contributed by atoms with Crippen LogP contribution in [-0.2, 0) is 0 Å². The van der Waals surface area contributed by atoms with Crippen molar-refractivity contribution in [1.82, 2.24) is 5.32 Å². The van der Waals surface area contributed by atoms with Gasteiger partial charge in [-0.05, 0) is 55.7 Å². The Balaban J connectivity index is 0. The average molecular weight is 603 g/mol. The first-order valence-electron chi connectivity index (χ1n) is 16.4. The number of unbranched alkanes of at least 4 members (excludes halogenated alkanes) is 3. The monoisotopic (exact) mass is 603 g/mol. The minimum atomic E-state index is 0.625. The Morgan fingerprint density at radius 1 is 0.773 bits per heavy atom. The topological polar surface area (TPSA) is 89.8 Å². The molecule has 0 aliphatic heterocycles. The number of nitrogens with zero attached hydrogens (tertiary/aromatic N) is 4. The average Bonchev–Trinajstić information content (AvgIpc) is 3.04. The summed E-state index contributed by atoms with van der Waals surface area (Å²) in [5, 5.41) is 22.2. The first-order valence-corrected chi connectivity index (χ1v) is 16.4. The third kappa shape index (κ3) is 18.8. The highest BCUT2D eigenvalue weighted by molar-refractivity contribution is 5.99. The second-order valence-electron chi connectivity index (χ2n) is 10.5. The Morgan fingerprint density at radius 2 is 1.34 bits per heavy atom. The number of nitrogens with one attached hydrogen (secondary N) is 1. The molecule has 3 aromatic carbocycles. The molecule has 6 nitrogen and oxygen atoms in total. The van der Waals surface area contributed by atoms with Gasteiger partial charge in [0, 0.05) is 53.7 Å². The van der Waals surface area contributed by atoms with Gasteiger partial charge < -0.3 is 16.0 Å². The minimum absolute atomic E-state index is 0.625. The van der Waals surface area contributed by atoms with Crippen LogP contribution in [0.2, 0.25) is 0 Å². The van der Waals surface area contributed by atoms with Crippen LogP contribution in [0.4, 0.5) is 22.7 Å². The van der Waals surface area contributed by atoms with Gasteiger partial charge in [-0.1, -0.05) is 99.4 Å². The van der Waals surface area contributed by atoms with Gasteiger partial charge in [-0.25, -0.2) is 0 Å². The third-order valence-corrected chi connectivity index (χ3v) is 6.01. The van der Waals surface area contributed by atoms with Gasteiger partial charge in [0.2, 0.25) is 0 Å². The minimum Gasteiger partial charge on any atom is -0.398 e. The Morgan fingerprint density at radius 3 is 1.80 bits per heavy atom. The zero-order valence-electron chi connectivity index (χ0n) is 29.4. The van der Waals surface area contributed by atoms with Gasteiger partial charge in [0.25, 0.3) is 0 Å². The maximum atomic E-state index is 7.95. The molecule has 0 fully saturated rings. The van der Waals surface area contributed by atoms with Crippen molar-refractivity contribution in [3.05, 3.63) is 73.8 Å². The Kier molecular flexibility index (Phi) is 27.1. The molecule has 0 amide bonds. The molecule has 0 aliphatic carbocycles. The van der Waals surface area contributed by atoms with Gasteiger partial charge in [-0.2, -0.15) is 10.4 Å². The Hall–Kier alpha value is -3.69. The van der Waals surface area contributed by atoms with Crippen LogP contribution in [0, 0.1) is 11.3 Å². The lowest BCUT2D eigenvalue weighted by molar-refractivity contribution is 0.518. The lowest BCUT2D eigenvalue weighted by atomic mass is 10.1. The van der Waals surface area contributed by atoms with Crippen molar-refractivity contribution in [2.45, 2.75) is 113 Å². The molecule has 0 aliphatic rings. The zero-order chi connectivity index (χ0) is 33.8. The van der Waals surface area contributed by atoms with E-state index < -0.39 is 0 Å². The van der Waals surface area contributed by atoms with Crippen molar-refractivity contribution >= 4 is 33.5 Å². The van der Waals surface area contributed by atoms with Gasteiger partial charge in [0.1, 0.15) is 0 Å². The van der Waals surface area contributed by atoms with Crippen molar-refractivity contribution in [2.24, 2.45) is 10.2 Å². The third-order valence-electron chi connectivity index (χ3n) is 6.01. The molecule has 0 radical (unpaired) electrons. The van der Waals surface area contributed by atoms with E-state index in [2.05, 4.69) is 100 Å². The molecule has 0 saturated carbocycles. The number of hydrogen-bond acceptors (Lipinski definition) is 6. The summed E-state index contributed by atoms with van der Waals surface area (Å²) in [5.74, 6) is 0. The molecular weight excluding hydrogens is 540 g/mol. The van der Waals surface area contributed by atoms with Crippen LogP contribution in [0.3, 0.4) is 0 Å². The van der Waals surface area contributed by atoms with E-state index in [0.717, 1.165) is 66.6 Å². The van der Waals surface area contributed by atoms with E-state index in [1.807, 2.05) is 62.4 Å². The van der Waals surface area contributed by atoms with Gasteiger partial charge in [-0.15, -0.1) is 18.3 Å². The molecule has 0 spiro atoms. The predicted molar refractivity (Wildman–Crippen MR) is 198 cm³/mol.